The highest BCUT2D eigenvalue weighted by Gasteiger charge is 2.35. The van der Waals surface area contributed by atoms with Crippen LogP contribution in [-0.4, -0.2) is 67.6 Å². The summed E-state index contributed by atoms with van der Waals surface area (Å²) in [5, 5.41) is 0. The Morgan fingerprint density at radius 3 is 1.69 bits per heavy atom. The largest absolute Gasteiger partial charge is 0.378 e. The number of nitrogens with zero attached hydrogens (tertiary/aromatic N) is 8. The molecule has 0 atom stereocenters. The Hall–Kier alpha value is -4.24. The van der Waals surface area contributed by atoms with Crippen molar-refractivity contribution in [3.05, 3.63) is 60.9 Å². The smallest absolute Gasteiger partial charge is 0.236 e. The highest BCUT2D eigenvalue weighted by Crippen LogP contribution is 2.36. The number of rotatable bonds is 8. The third-order valence-electron chi connectivity index (χ3n) is 10.8. The monoisotopic (exact) mass is 644 g/mol. The SMILES string of the molecule is COC1(CC(C)C)CCN(c2ccn3c(n2)nc2c(-c4cccc5c4nc4nc(N6CCC(CC(C)C)CC6)ccn45)cccc23)CC1. The molecule has 6 heterocycles. The van der Waals surface area contributed by atoms with Crippen molar-refractivity contribution in [2.75, 3.05) is 43.1 Å². The van der Waals surface area contributed by atoms with Crippen LogP contribution >= 0.6 is 0 Å². The molecule has 48 heavy (non-hydrogen) atoms. The molecule has 0 aliphatic carbocycles. The molecule has 2 fully saturated rings. The predicted octanol–water partition coefficient (Wildman–Crippen LogP) is 8.04. The lowest BCUT2D eigenvalue weighted by Gasteiger charge is -2.42. The number of hydrogen-bond donors (Lipinski definition) is 0. The second-order valence-corrected chi connectivity index (χ2v) is 15.0. The van der Waals surface area contributed by atoms with Crippen LogP contribution in [0.25, 0.3) is 44.7 Å². The normalized spacial score (nSPS) is 17.6. The van der Waals surface area contributed by atoms with Crippen molar-refractivity contribution in [3.63, 3.8) is 0 Å². The minimum absolute atomic E-state index is 0.0357. The Kier molecular flexibility index (Phi) is 7.98. The molecule has 250 valence electrons. The number of benzene rings is 2. The number of hydrogen-bond acceptors (Lipinski definition) is 7. The molecule has 9 heteroatoms. The van der Waals surface area contributed by atoms with E-state index in [0.717, 1.165) is 108 Å². The summed E-state index contributed by atoms with van der Waals surface area (Å²) in [5.74, 6) is 5.64. The van der Waals surface area contributed by atoms with Gasteiger partial charge in [0.2, 0.25) is 11.6 Å². The Morgan fingerprint density at radius 2 is 1.21 bits per heavy atom. The lowest BCUT2D eigenvalue weighted by atomic mass is 9.83. The molecule has 6 aromatic rings. The van der Waals surface area contributed by atoms with Crippen LogP contribution in [0, 0.1) is 17.8 Å². The van der Waals surface area contributed by atoms with Gasteiger partial charge in [-0.15, -0.1) is 0 Å². The van der Waals surface area contributed by atoms with Gasteiger partial charge in [-0.3, -0.25) is 8.80 Å². The van der Waals surface area contributed by atoms with Crippen molar-refractivity contribution in [1.29, 1.82) is 0 Å². The van der Waals surface area contributed by atoms with Crippen LogP contribution < -0.4 is 9.80 Å². The first-order valence-corrected chi connectivity index (χ1v) is 17.9. The number of imidazole rings is 2. The summed E-state index contributed by atoms with van der Waals surface area (Å²) in [4.78, 5) is 25.2. The van der Waals surface area contributed by atoms with Crippen molar-refractivity contribution in [2.24, 2.45) is 17.8 Å². The van der Waals surface area contributed by atoms with Crippen molar-refractivity contribution in [2.45, 2.75) is 71.8 Å². The minimum Gasteiger partial charge on any atom is -0.378 e. The van der Waals surface area contributed by atoms with Crippen molar-refractivity contribution in [1.82, 2.24) is 28.7 Å². The first-order valence-electron chi connectivity index (χ1n) is 17.9. The zero-order valence-electron chi connectivity index (χ0n) is 29.1. The van der Waals surface area contributed by atoms with E-state index in [4.69, 9.17) is 24.7 Å². The second-order valence-electron chi connectivity index (χ2n) is 15.0. The van der Waals surface area contributed by atoms with Crippen LogP contribution in [0.1, 0.15) is 66.2 Å². The molecule has 0 spiro atoms. The fourth-order valence-electron chi connectivity index (χ4n) is 8.45. The third-order valence-corrected chi connectivity index (χ3v) is 10.8. The number of ether oxygens (including phenoxy) is 1. The third kappa shape index (κ3) is 5.55. The molecule has 0 saturated carbocycles. The van der Waals surface area contributed by atoms with Gasteiger partial charge in [-0.05, 0) is 80.5 Å². The molecule has 9 nitrogen and oxygen atoms in total. The first-order chi connectivity index (χ1) is 23.3. The maximum Gasteiger partial charge on any atom is 0.236 e. The Balaban J connectivity index is 1.11. The van der Waals surface area contributed by atoms with Gasteiger partial charge in [0, 0.05) is 56.8 Å². The van der Waals surface area contributed by atoms with Crippen LogP contribution in [0.5, 0.6) is 0 Å². The lowest BCUT2D eigenvalue weighted by Crippen LogP contribution is -2.46. The summed E-state index contributed by atoms with van der Waals surface area (Å²) in [6, 6.07) is 17.1. The van der Waals surface area contributed by atoms with E-state index in [1.165, 1.54) is 19.3 Å². The highest BCUT2D eigenvalue weighted by atomic mass is 16.5. The summed E-state index contributed by atoms with van der Waals surface area (Å²) in [5.41, 5.74) is 6.03. The fraction of sp³-hybridized carbons (Fsp3) is 0.487. The van der Waals surface area contributed by atoms with Gasteiger partial charge in [0.15, 0.2) is 0 Å². The van der Waals surface area contributed by atoms with Crippen LogP contribution in [0.4, 0.5) is 11.6 Å². The number of para-hydroxylation sites is 2. The fourth-order valence-corrected chi connectivity index (χ4v) is 8.45. The van der Waals surface area contributed by atoms with Gasteiger partial charge in [0.25, 0.3) is 0 Å². The van der Waals surface area contributed by atoms with Crippen molar-refractivity contribution in [3.8, 4) is 11.1 Å². The van der Waals surface area contributed by atoms with Crippen molar-refractivity contribution >= 4 is 45.3 Å². The zero-order valence-corrected chi connectivity index (χ0v) is 29.1. The standard InChI is InChI=1S/C39H48N8O/c1-26(2)24-28-12-18-44(19-13-28)33-14-20-46-31-10-6-8-29(35(31)42-37(46)40-33)30-9-7-11-32-36(30)43-38-41-34(15-21-47(32)38)45-22-16-39(48-5,17-23-45)25-27(3)4/h6-11,14-15,20-21,26-28H,12-13,16-19,22-25H2,1-5H3. The van der Waals surface area contributed by atoms with Crippen LogP contribution in [0.2, 0.25) is 0 Å². The van der Waals surface area contributed by atoms with Gasteiger partial charge in [0.1, 0.15) is 11.6 Å². The highest BCUT2D eigenvalue weighted by molar-refractivity contribution is 6.02. The van der Waals surface area contributed by atoms with E-state index in [2.05, 4.69) is 107 Å². The maximum atomic E-state index is 6.06. The molecule has 8 rings (SSSR count). The molecule has 0 bridgehead atoms. The lowest BCUT2D eigenvalue weighted by molar-refractivity contribution is -0.0445. The number of anilines is 2. The van der Waals surface area contributed by atoms with E-state index in [9.17, 15) is 0 Å². The molecule has 4 aromatic heterocycles. The Morgan fingerprint density at radius 1 is 0.688 bits per heavy atom. The van der Waals surface area contributed by atoms with E-state index in [0.29, 0.717) is 11.7 Å². The van der Waals surface area contributed by atoms with E-state index < -0.39 is 0 Å². The Labute approximate surface area is 283 Å². The predicted molar refractivity (Wildman–Crippen MR) is 195 cm³/mol. The number of aromatic nitrogens is 6. The first kappa shape index (κ1) is 31.1. The Bertz CT molecular complexity index is 2080. The molecule has 2 saturated heterocycles. The second kappa shape index (κ2) is 12.3. The molecule has 0 amide bonds. The summed E-state index contributed by atoms with van der Waals surface area (Å²) < 4.78 is 10.3. The molecular weight excluding hydrogens is 596 g/mol. The van der Waals surface area contributed by atoms with E-state index in [1.54, 1.807) is 0 Å². The molecule has 0 unspecified atom stereocenters. The topological polar surface area (TPSA) is 76.1 Å². The van der Waals surface area contributed by atoms with E-state index in [1.807, 2.05) is 7.11 Å². The molecular formula is C39H48N8O. The van der Waals surface area contributed by atoms with Gasteiger partial charge in [-0.1, -0.05) is 52.0 Å². The summed E-state index contributed by atoms with van der Waals surface area (Å²) in [6.07, 6.45) is 11.1. The molecule has 2 aliphatic heterocycles. The van der Waals surface area contributed by atoms with Gasteiger partial charge < -0.3 is 14.5 Å². The van der Waals surface area contributed by atoms with E-state index >= 15 is 0 Å². The summed E-state index contributed by atoms with van der Waals surface area (Å²) in [6.45, 7) is 13.2. The average Bonchev–Trinajstić information content (AvgIpc) is 3.66. The minimum atomic E-state index is -0.0357. The van der Waals surface area contributed by atoms with Gasteiger partial charge in [-0.25, -0.2) is 9.97 Å². The molecule has 2 aliphatic rings. The maximum absolute atomic E-state index is 6.06. The van der Waals surface area contributed by atoms with Crippen LogP contribution in [0.3, 0.4) is 0 Å². The van der Waals surface area contributed by atoms with Crippen LogP contribution in [-0.2, 0) is 4.74 Å². The number of piperidine rings is 2. The molecule has 0 radical (unpaired) electrons. The average molecular weight is 645 g/mol. The summed E-state index contributed by atoms with van der Waals surface area (Å²) in [7, 11) is 1.87. The number of methoxy groups -OCH3 is 1. The van der Waals surface area contributed by atoms with Crippen molar-refractivity contribution < 1.29 is 4.74 Å². The van der Waals surface area contributed by atoms with Gasteiger partial charge >= 0.3 is 0 Å². The molecule has 2 aromatic carbocycles. The van der Waals surface area contributed by atoms with Gasteiger partial charge in [0.05, 0.1) is 27.7 Å². The van der Waals surface area contributed by atoms with Gasteiger partial charge in [-0.2, -0.15) is 9.97 Å². The molecule has 0 N–H and O–H groups in total. The van der Waals surface area contributed by atoms with E-state index in [-0.39, 0.29) is 5.60 Å². The zero-order chi connectivity index (χ0) is 33.0. The number of fused-ring (bicyclic) bond motifs is 6. The quantitative estimate of drug-likeness (QED) is 0.166. The summed E-state index contributed by atoms with van der Waals surface area (Å²) >= 11 is 0. The van der Waals surface area contributed by atoms with Crippen LogP contribution in [0.15, 0.2) is 60.9 Å².